The molecule has 0 aromatic rings. The number of hydrogen-bond acceptors (Lipinski definition) is 13. The number of hydrogen-bond donors (Lipinski definition) is 9. The molecule has 14 heteroatoms. The lowest BCUT2D eigenvalue weighted by Gasteiger charge is -2.46. The number of amides is 1. The van der Waals surface area contributed by atoms with Gasteiger partial charge in [-0.3, -0.25) is 4.79 Å². The summed E-state index contributed by atoms with van der Waals surface area (Å²) in [5.41, 5.74) is 0. The number of aliphatic hydroxyl groups is 8. The van der Waals surface area contributed by atoms with Crippen molar-refractivity contribution in [1.82, 2.24) is 5.32 Å². The zero-order valence-electron chi connectivity index (χ0n) is 37.8. The third kappa shape index (κ3) is 22.7. The van der Waals surface area contributed by atoms with Crippen LogP contribution >= 0.6 is 0 Å². The molecule has 1 amide bonds. The van der Waals surface area contributed by atoms with Crippen molar-refractivity contribution in [3.63, 3.8) is 0 Å². The average Bonchev–Trinajstić information content (AvgIpc) is 3.27. The molecule has 0 saturated carbocycles. The lowest BCUT2D eigenvalue weighted by molar-refractivity contribution is -0.359. The van der Waals surface area contributed by atoms with Crippen LogP contribution in [0.1, 0.15) is 155 Å². The molecule has 62 heavy (non-hydrogen) atoms. The Hall–Kier alpha value is -2.05. The zero-order chi connectivity index (χ0) is 45.4. The highest BCUT2D eigenvalue weighted by Crippen LogP contribution is 2.30. The summed E-state index contributed by atoms with van der Waals surface area (Å²) in [6, 6.07) is -0.936. The van der Waals surface area contributed by atoms with Gasteiger partial charge in [-0.05, 0) is 64.7 Å². The summed E-state index contributed by atoms with van der Waals surface area (Å²) < 4.78 is 22.6. The first-order valence-corrected chi connectivity index (χ1v) is 23.8. The summed E-state index contributed by atoms with van der Waals surface area (Å²) in [4.78, 5) is 13.1. The molecular weight excluding hydrogens is 799 g/mol. The zero-order valence-corrected chi connectivity index (χ0v) is 37.8. The van der Waals surface area contributed by atoms with Crippen LogP contribution in [-0.2, 0) is 23.7 Å². The first kappa shape index (κ1) is 56.1. The lowest BCUT2D eigenvalue weighted by Crippen LogP contribution is -2.65. The number of nitrogens with one attached hydrogen (secondary N) is 1. The Morgan fingerprint density at radius 1 is 0.597 bits per heavy atom. The summed E-state index contributed by atoms with van der Waals surface area (Å²) in [6.07, 6.45) is 23.3. The Morgan fingerprint density at radius 2 is 1.10 bits per heavy atom. The molecule has 0 bridgehead atoms. The van der Waals surface area contributed by atoms with Crippen LogP contribution in [0.25, 0.3) is 0 Å². The van der Waals surface area contributed by atoms with Crippen molar-refractivity contribution in [2.45, 2.75) is 229 Å². The fourth-order valence-corrected chi connectivity index (χ4v) is 7.62. The van der Waals surface area contributed by atoms with Crippen LogP contribution < -0.4 is 5.32 Å². The molecule has 2 heterocycles. The third-order valence-electron chi connectivity index (χ3n) is 11.6. The summed E-state index contributed by atoms with van der Waals surface area (Å²) in [6.45, 7) is 2.49. The van der Waals surface area contributed by atoms with Gasteiger partial charge < -0.3 is 65.1 Å². The Morgan fingerprint density at radius 3 is 1.68 bits per heavy atom. The first-order valence-electron chi connectivity index (χ1n) is 23.8. The molecule has 2 aliphatic heterocycles. The number of allylic oxidation sites excluding steroid dienone is 7. The van der Waals surface area contributed by atoms with Gasteiger partial charge in [0.15, 0.2) is 12.6 Å². The van der Waals surface area contributed by atoms with Gasteiger partial charge in [-0.25, -0.2) is 0 Å². The predicted molar refractivity (Wildman–Crippen MR) is 240 cm³/mol. The van der Waals surface area contributed by atoms with E-state index >= 15 is 0 Å². The summed E-state index contributed by atoms with van der Waals surface area (Å²) in [7, 11) is 0. The van der Waals surface area contributed by atoms with Crippen LogP contribution in [0.15, 0.2) is 48.6 Å². The van der Waals surface area contributed by atoms with E-state index in [4.69, 9.17) is 18.9 Å². The van der Waals surface area contributed by atoms with Gasteiger partial charge in [0.2, 0.25) is 5.91 Å². The first-order chi connectivity index (χ1) is 30.1. The van der Waals surface area contributed by atoms with E-state index in [1.807, 2.05) is 19.1 Å². The molecule has 2 saturated heterocycles. The van der Waals surface area contributed by atoms with Gasteiger partial charge in [0.05, 0.1) is 32.0 Å². The number of rotatable bonds is 35. The molecule has 9 N–H and O–H groups in total. The standard InChI is InChI=1S/C48H85NO13/c1-3-5-7-9-11-13-14-15-16-17-18-19-20-21-22-24-26-28-30-32-40(53)49-36(37(52)31-29-27-25-23-12-10-8-6-4-2)35-59-47-45(58)43(56)46(39(34-51)61-47)62-48-44(57)42(55)41(54)38(33-50)60-48/h4,6,12,15-16,23,29,31,36-39,41-48,50-52,54-58H,3,5,7-11,13-14,17-22,24-28,30,32-35H2,1-2H3,(H,49,53)/b6-4+,16-15-,23-12+,31-29+. The lowest BCUT2D eigenvalue weighted by atomic mass is 9.97. The molecule has 0 aromatic heterocycles. The molecule has 14 nitrogen and oxygen atoms in total. The van der Waals surface area contributed by atoms with Gasteiger partial charge in [-0.2, -0.15) is 0 Å². The van der Waals surface area contributed by atoms with Crippen molar-refractivity contribution in [1.29, 1.82) is 0 Å². The molecule has 2 rings (SSSR count). The van der Waals surface area contributed by atoms with Crippen LogP contribution in [0.4, 0.5) is 0 Å². The van der Waals surface area contributed by atoms with Gasteiger partial charge in [-0.15, -0.1) is 0 Å². The second-order valence-corrected chi connectivity index (χ2v) is 16.9. The maximum atomic E-state index is 13.1. The van der Waals surface area contributed by atoms with Gasteiger partial charge in [0.1, 0.15) is 48.8 Å². The van der Waals surface area contributed by atoms with Gasteiger partial charge in [-0.1, -0.05) is 133 Å². The van der Waals surface area contributed by atoms with Crippen molar-refractivity contribution in [2.75, 3.05) is 19.8 Å². The molecule has 0 aromatic carbocycles. The van der Waals surface area contributed by atoms with Crippen LogP contribution in [-0.4, -0.2) is 140 Å². The highest BCUT2D eigenvalue weighted by Gasteiger charge is 2.51. The van der Waals surface area contributed by atoms with E-state index in [-0.39, 0.29) is 18.9 Å². The summed E-state index contributed by atoms with van der Waals surface area (Å²) in [5, 5.41) is 86.4. The summed E-state index contributed by atoms with van der Waals surface area (Å²) in [5.74, 6) is -0.262. The number of carbonyl (C=O) groups excluding carboxylic acids is 1. The highest BCUT2D eigenvalue weighted by molar-refractivity contribution is 5.76. The smallest absolute Gasteiger partial charge is 0.220 e. The normalized spacial score (nSPS) is 28.2. The Labute approximate surface area is 372 Å². The van der Waals surface area contributed by atoms with Crippen molar-refractivity contribution < 1.29 is 64.6 Å². The van der Waals surface area contributed by atoms with E-state index in [0.29, 0.717) is 12.8 Å². The topological polar surface area (TPSA) is 228 Å². The molecule has 2 aliphatic rings. The van der Waals surface area contributed by atoms with E-state index in [0.717, 1.165) is 38.5 Å². The molecule has 2 fully saturated rings. The van der Waals surface area contributed by atoms with Crippen molar-refractivity contribution >= 4 is 5.91 Å². The predicted octanol–water partition coefficient (Wildman–Crippen LogP) is 5.32. The molecule has 0 spiro atoms. The molecule has 0 radical (unpaired) electrons. The van der Waals surface area contributed by atoms with E-state index in [9.17, 15) is 45.6 Å². The second kappa shape index (κ2) is 35.2. The minimum Gasteiger partial charge on any atom is -0.394 e. The largest absolute Gasteiger partial charge is 0.394 e. The molecule has 360 valence electrons. The maximum Gasteiger partial charge on any atom is 0.220 e. The van der Waals surface area contributed by atoms with Crippen LogP contribution in [0.3, 0.4) is 0 Å². The maximum absolute atomic E-state index is 13.1. The molecule has 12 unspecified atom stereocenters. The number of unbranched alkanes of at least 4 members (excludes halogenated alkanes) is 17. The average molecular weight is 884 g/mol. The van der Waals surface area contributed by atoms with Gasteiger partial charge >= 0.3 is 0 Å². The minimum absolute atomic E-state index is 0.262. The van der Waals surface area contributed by atoms with Crippen molar-refractivity contribution in [2.24, 2.45) is 0 Å². The van der Waals surface area contributed by atoms with Gasteiger partial charge in [0.25, 0.3) is 0 Å². The fraction of sp³-hybridized carbons (Fsp3) is 0.812. The third-order valence-corrected chi connectivity index (χ3v) is 11.6. The van der Waals surface area contributed by atoms with E-state index in [1.165, 1.54) is 83.5 Å². The highest BCUT2D eigenvalue weighted by atomic mass is 16.7. The van der Waals surface area contributed by atoms with Crippen molar-refractivity contribution in [3.05, 3.63) is 48.6 Å². The molecular formula is C48H85NO13. The molecule has 12 atom stereocenters. The SMILES string of the molecule is C/C=C/CC/C=C/CC/C=C/C(O)C(COC1OC(CO)C(OC2OC(CO)C(O)C(O)C2O)C(O)C1O)NC(=O)CCCCCCCCCCC/C=C\CCCCCCCC. The van der Waals surface area contributed by atoms with Crippen LogP contribution in [0.5, 0.6) is 0 Å². The van der Waals surface area contributed by atoms with Crippen molar-refractivity contribution in [3.8, 4) is 0 Å². The fourth-order valence-electron chi connectivity index (χ4n) is 7.62. The van der Waals surface area contributed by atoms with E-state index in [1.54, 1.807) is 6.08 Å². The number of carbonyl (C=O) groups is 1. The second-order valence-electron chi connectivity index (χ2n) is 16.9. The summed E-state index contributed by atoms with van der Waals surface area (Å²) >= 11 is 0. The Bertz CT molecular complexity index is 1230. The minimum atomic E-state index is -1.79. The number of ether oxygens (including phenoxy) is 4. The Kier molecular flexibility index (Phi) is 31.9. The molecule has 0 aliphatic carbocycles. The number of aliphatic hydroxyl groups excluding tert-OH is 8. The monoisotopic (exact) mass is 884 g/mol. The van der Waals surface area contributed by atoms with Crippen LogP contribution in [0.2, 0.25) is 0 Å². The van der Waals surface area contributed by atoms with E-state index in [2.05, 4.69) is 42.6 Å². The van der Waals surface area contributed by atoms with Crippen LogP contribution in [0, 0.1) is 0 Å². The van der Waals surface area contributed by atoms with Gasteiger partial charge in [0, 0.05) is 6.42 Å². The quantitative estimate of drug-likeness (QED) is 0.0291. The van der Waals surface area contributed by atoms with E-state index < -0.39 is 86.8 Å². The Balaban J connectivity index is 1.82.